The second kappa shape index (κ2) is 7.13. The smallest absolute Gasteiger partial charge is 0.308 e. The van der Waals surface area contributed by atoms with Gasteiger partial charge in [-0.15, -0.1) is 0 Å². The molecule has 0 fully saturated rings. The number of carboxylic acid groups (broad SMARTS) is 1. The average molecular weight is 380 g/mol. The lowest BCUT2D eigenvalue weighted by Crippen LogP contribution is -1.97. The summed E-state index contributed by atoms with van der Waals surface area (Å²) in [7, 11) is 0. The molecular formula is C21H14ClNO4. The zero-order valence-electron chi connectivity index (χ0n) is 14.1. The van der Waals surface area contributed by atoms with Gasteiger partial charge < -0.3 is 13.9 Å². The first-order valence-corrected chi connectivity index (χ1v) is 8.61. The van der Waals surface area contributed by atoms with E-state index in [4.69, 9.17) is 20.4 Å². The summed E-state index contributed by atoms with van der Waals surface area (Å²) in [5, 5.41) is 9.84. The van der Waals surface area contributed by atoms with Crippen molar-refractivity contribution in [2.75, 3.05) is 0 Å². The van der Waals surface area contributed by atoms with Crippen LogP contribution in [0.15, 0.2) is 69.5 Å². The van der Waals surface area contributed by atoms with Crippen LogP contribution in [0, 0.1) is 0 Å². The van der Waals surface area contributed by atoms with Crippen molar-refractivity contribution in [1.82, 2.24) is 4.98 Å². The number of fused-ring (bicyclic) bond motifs is 1. The molecule has 2 aromatic carbocycles. The van der Waals surface area contributed by atoms with E-state index in [9.17, 15) is 9.90 Å². The zero-order chi connectivity index (χ0) is 18.8. The first kappa shape index (κ1) is 17.1. The number of nitrogens with zero attached hydrogens (tertiary/aromatic N) is 1. The number of benzene rings is 2. The molecule has 0 bridgehead atoms. The second-order valence-corrected chi connectivity index (χ2v) is 6.32. The molecule has 0 saturated carbocycles. The van der Waals surface area contributed by atoms with E-state index in [0.717, 1.165) is 5.56 Å². The summed E-state index contributed by atoms with van der Waals surface area (Å²) < 4.78 is 11.5. The number of furan rings is 1. The Labute approximate surface area is 159 Å². The maximum absolute atomic E-state index is 11.3. The third-order valence-electron chi connectivity index (χ3n) is 3.99. The van der Waals surface area contributed by atoms with E-state index in [2.05, 4.69) is 4.98 Å². The Balaban J connectivity index is 1.73. The van der Waals surface area contributed by atoms with E-state index in [-0.39, 0.29) is 12.3 Å². The summed E-state index contributed by atoms with van der Waals surface area (Å²) in [5.41, 5.74) is 2.44. The Morgan fingerprint density at radius 2 is 1.81 bits per heavy atom. The molecule has 5 nitrogen and oxygen atoms in total. The van der Waals surface area contributed by atoms with E-state index in [1.165, 1.54) is 0 Å². The first-order chi connectivity index (χ1) is 13.1. The van der Waals surface area contributed by atoms with Crippen LogP contribution in [0.25, 0.3) is 34.1 Å². The zero-order valence-corrected chi connectivity index (χ0v) is 14.8. The normalized spacial score (nSPS) is 11.8. The van der Waals surface area contributed by atoms with Crippen molar-refractivity contribution in [3.05, 3.63) is 77.3 Å². The SMILES string of the molecule is O=C(O)C/C(=C/c1ccc(-c2ccccc2Cl)o1)c1nc2ccccc2o1. The van der Waals surface area contributed by atoms with Gasteiger partial charge >= 0.3 is 5.97 Å². The van der Waals surface area contributed by atoms with E-state index in [0.29, 0.717) is 33.2 Å². The van der Waals surface area contributed by atoms with Gasteiger partial charge in [0.2, 0.25) is 5.89 Å². The molecule has 0 radical (unpaired) electrons. The number of halogens is 1. The second-order valence-electron chi connectivity index (χ2n) is 5.91. The largest absolute Gasteiger partial charge is 0.481 e. The van der Waals surface area contributed by atoms with Gasteiger partial charge in [0.1, 0.15) is 17.0 Å². The molecule has 0 aliphatic heterocycles. The molecule has 0 aliphatic carbocycles. The number of para-hydroxylation sites is 2. The molecule has 4 rings (SSSR count). The molecule has 2 heterocycles. The van der Waals surface area contributed by atoms with Crippen molar-refractivity contribution in [1.29, 1.82) is 0 Å². The number of rotatable bonds is 5. The lowest BCUT2D eigenvalue weighted by Gasteiger charge is -2.00. The van der Waals surface area contributed by atoms with Gasteiger partial charge in [-0.05, 0) is 42.5 Å². The van der Waals surface area contributed by atoms with E-state index in [1.54, 1.807) is 30.3 Å². The molecular weight excluding hydrogens is 366 g/mol. The van der Waals surface area contributed by atoms with Crippen LogP contribution in [0.5, 0.6) is 0 Å². The maximum atomic E-state index is 11.3. The molecule has 27 heavy (non-hydrogen) atoms. The minimum Gasteiger partial charge on any atom is -0.481 e. The van der Waals surface area contributed by atoms with Gasteiger partial charge in [0, 0.05) is 11.1 Å². The summed E-state index contributed by atoms with van der Waals surface area (Å²) in [6.45, 7) is 0. The van der Waals surface area contributed by atoms with Crippen molar-refractivity contribution >= 4 is 40.3 Å². The molecule has 0 unspecified atom stereocenters. The quantitative estimate of drug-likeness (QED) is 0.477. The fraction of sp³-hybridized carbons (Fsp3) is 0.0476. The summed E-state index contributed by atoms with van der Waals surface area (Å²) in [4.78, 5) is 15.7. The van der Waals surface area contributed by atoms with Gasteiger partial charge in [-0.3, -0.25) is 4.79 Å². The molecule has 6 heteroatoms. The van der Waals surface area contributed by atoms with Crippen molar-refractivity contribution in [3.63, 3.8) is 0 Å². The molecule has 1 N–H and O–H groups in total. The van der Waals surface area contributed by atoms with Crippen LogP contribution in [0.2, 0.25) is 5.02 Å². The van der Waals surface area contributed by atoms with Gasteiger partial charge in [-0.1, -0.05) is 35.9 Å². The van der Waals surface area contributed by atoms with Crippen LogP contribution in [0.1, 0.15) is 18.1 Å². The predicted octanol–water partition coefficient (Wildman–Crippen LogP) is 5.76. The van der Waals surface area contributed by atoms with Crippen molar-refractivity contribution in [2.24, 2.45) is 0 Å². The van der Waals surface area contributed by atoms with Crippen LogP contribution < -0.4 is 0 Å². The minimum atomic E-state index is -0.985. The Bertz CT molecular complexity index is 1120. The van der Waals surface area contributed by atoms with Crippen LogP contribution in [-0.2, 0) is 4.79 Å². The number of hydrogen-bond acceptors (Lipinski definition) is 4. The molecule has 4 aromatic rings. The van der Waals surface area contributed by atoms with E-state index >= 15 is 0 Å². The van der Waals surface area contributed by atoms with E-state index < -0.39 is 5.97 Å². The Morgan fingerprint density at radius 1 is 1.04 bits per heavy atom. The fourth-order valence-electron chi connectivity index (χ4n) is 2.77. The predicted molar refractivity (Wildman–Crippen MR) is 103 cm³/mol. The molecule has 0 amide bonds. The summed E-state index contributed by atoms with van der Waals surface area (Å²) in [6, 6.07) is 18.2. The molecule has 0 spiro atoms. The van der Waals surface area contributed by atoms with Crippen LogP contribution in [-0.4, -0.2) is 16.1 Å². The summed E-state index contributed by atoms with van der Waals surface area (Å²) in [5.74, 6) is 0.359. The highest BCUT2D eigenvalue weighted by molar-refractivity contribution is 6.33. The number of aliphatic carboxylic acids is 1. The number of hydrogen-bond donors (Lipinski definition) is 1. The number of carbonyl (C=O) groups is 1. The number of aromatic nitrogens is 1. The highest BCUT2D eigenvalue weighted by Crippen LogP contribution is 2.31. The molecule has 0 aliphatic rings. The molecule has 0 saturated heterocycles. The average Bonchev–Trinajstić information content (AvgIpc) is 3.28. The first-order valence-electron chi connectivity index (χ1n) is 8.23. The standard InChI is InChI=1S/C21H14ClNO4/c22-16-6-2-1-5-15(16)18-10-9-14(26-18)11-13(12-20(24)25)21-23-17-7-3-4-8-19(17)27-21/h1-11H,12H2,(H,24,25)/b13-11-. The summed E-state index contributed by atoms with van der Waals surface area (Å²) in [6.07, 6.45) is 1.38. The Hall–Kier alpha value is -3.31. The summed E-state index contributed by atoms with van der Waals surface area (Å²) >= 11 is 6.21. The Morgan fingerprint density at radius 3 is 2.59 bits per heavy atom. The van der Waals surface area contributed by atoms with Crippen LogP contribution in [0.4, 0.5) is 0 Å². The van der Waals surface area contributed by atoms with Gasteiger partial charge in [0.25, 0.3) is 0 Å². The molecule has 0 atom stereocenters. The van der Waals surface area contributed by atoms with Crippen LogP contribution in [0.3, 0.4) is 0 Å². The highest BCUT2D eigenvalue weighted by Gasteiger charge is 2.16. The lowest BCUT2D eigenvalue weighted by atomic mass is 10.1. The fourth-order valence-corrected chi connectivity index (χ4v) is 3.00. The number of carboxylic acids is 1. The molecule has 2 aromatic heterocycles. The Kier molecular flexibility index (Phi) is 4.52. The van der Waals surface area contributed by atoms with E-state index in [1.807, 2.05) is 36.4 Å². The lowest BCUT2D eigenvalue weighted by molar-refractivity contribution is -0.135. The van der Waals surface area contributed by atoms with Gasteiger partial charge in [-0.2, -0.15) is 0 Å². The van der Waals surface area contributed by atoms with Gasteiger partial charge in [0.05, 0.1) is 11.4 Å². The monoisotopic (exact) mass is 379 g/mol. The highest BCUT2D eigenvalue weighted by atomic mass is 35.5. The third-order valence-corrected chi connectivity index (χ3v) is 4.32. The van der Waals surface area contributed by atoms with Crippen molar-refractivity contribution in [3.8, 4) is 11.3 Å². The van der Waals surface area contributed by atoms with Gasteiger partial charge in [0.15, 0.2) is 5.58 Å². The maximum Gasteiger partial charge on any atom is 0.308 e. The van der Waals surface area contributed by atoms with Crippen LogP contribution >= 0.6 is 11.6 Å². The minimum absolute atomic E-state index is 0.241. The van der Waals surface area contributed by atoms with Crippen molar-refractivity contribution in [2.45, 2.75) is 6.42 Å². The topological polar surface area (TPSA) is 76.5 Å². The third kappa shape index (κ3) is 3.64. The van der Waals surface area contributed by atoms with Gasteiger partial charge in [-0.25, -0.2) is 4.98 Å². The molecule has 134 valence electrons. The number of oxazole rings is 1. The van der Waals surface area contributed by atoms with Crippen molar-refractivity contribution < 1.29 is 18.7 Å².